The third-order valence-corrected chi connectivity index (χ3v) is 8.46. The smallest absolute Gasteiger partial charge is 0.338 e. The summed E-state index contributed by atoms with van der Waals surface area (Å²) in [7, 11) is 1.55. The second-order valence-corrected chi connectivity index (χ2v) is 11.3. The number of hydrogen-bond acceptors (Lipinski definition) is 11. The molecule has 13 heteroatoms. The van der Waals surface area contributed by atoms with E-state index in [4.69, 9.17) is 14.5 Å². The molecule has 1 aliphatic rings. The molecule has 0 aliphatic carbocycles. The van der Waals surface area contributed by atoms with Gasteiger partial charge in [0.25, 0.3) is 11.2 Å². The minimum Gasteiger partial charge on any atom is -0.497 e. The molecular weight excluding hydrogens is 590 g/mol. The number of nitro benzene ring substituents is 1. The van der Waals surface area contributed by atoms with Gasteiger partial charge in [0.2, 0.25) is 0 Å². The van der Waals surface area contributed by atoms with Crippen LogP contribution in [0.5, 0.6) is 5.75 Å². The van der Waals surface area contributed by atoms with Crippen LogP contribution in [0.3, 0.4) is 0 Å². The second kappa shape index (κ2) is 13.1. The summed E-state index contributed by atoms with van der Waals surface area (Å²) < 4.78 is 12.7. The van der Waals surface area contributed by atoms with Crippen LogP contribution in [0.4, 0.5) is 5.69 Å². The van der Waals surface area contributed by atoms with E-state index in [1.54, 1.807) is 68.9 Å². The van der Waals surface area contributed by atoms with E-state index < -0.39 is 16.9 Å². The number of carbonyl (C=O) groups excluding carboxylic acids is 1. The first-order valence-electron chi connectivity index (χ1n) is 13.4. The lowest BCUT2D eigenvalue weighted by atomic mass is 9.94. The monoisotopic (exact) mass is 617 g/mol. The Labute approximate surface area is 254 Å². The number of ether oxygens (including phenoxy) is 2. The summed E-state index contributed by atoms with van der Waals surface area (Å²) >= 11 is 2.24. The number of esters is 1. The van der Waals surface area contributed by atoms with Crippen molar-refractivity contribution >= 4 is 40.8 Å². The van der Waals surface area contributed by atoms with Crippen molar-refractivity contribution in [2.24, 2.45) is 4.99 Å². The highest BCUT2D eigenvalue weighted by molar-refractivity contribution is 7.99. The molecule has 220 valence electrons. The molecule has 0 spiro atoms. The van der Waals surface area contributed by atoms with Crippen LogP contribution in [-0.4, -0.2) is 39.1 Å². The Hall–Kier alpha value is -4.62. The molecule has 4 aromatic rings. The first-order chi connectivity index (χ1) is 20.8. The van der Waals surface area contributed by atoms with E-state index in [2.05, 4.69) is 9.97 Å². The van der Waals surface area contributed by atoms with Gasteiger partial charge in [-0.05, 0) is 66.6 Å². The number of hydrogen-bond donors (Lipinski definition) is 0. The molecule has 11 nitrogen and oxygen atoms in total. The van der Waals surface area contributed by atoms with Crippen molar-refractivity contribution in [3.05, 3.63) is 113 Å². The first-order valence-corrected chi connectivity index (χ1v) is 15.1. The molecule has 0 N–H and O–H groups in total. The summed E-state index contributed by atoms with van der Waals surface area (Å²) in [6, 6.07) is 12.8. The Kier molecular flexibility index (Phi) is 9.12. The maximum Gasteiger partial charge on any atom is 0.338 e. The molecule has 0 saturated heterocycles. The first kappa shape index (κ1) is 29.9. The number of benzene rings is 2. The predicted molar refractivity (Wildman–Crippen MR) is 162 cm³/mol. The summed E-state index contributed by atoms with van der Waals surface area (Å²) in [6.07, 6.45) is 5.96. The highest BCUT2D eigenvalue weighted by Crippen LogP contribution is 2.35. The topological polar surface area (TPSA) is 139 Å². The van der Waals surface area contributed by atoms with Crippen LogP contribution in [-0.2, 0) is 9.53 Å². The highest BCUT2D eigenvalue weighted by atomic mass is 32.2. The van der Waals surface area contributed by atoms with E-state index >= 15 is 0 Å². The van der Waals surface area contributed by atoms with Crippen LogP contribution < -0.4 is 19.6 Å². The summed E-state index contributed by atoms with van der Waals surface area (Å²) in [5.74, 6) is 0.0333. The summed E-state index contributed by atoms with van der Waals surface area (Å²) in [4.78, 5) is 52.6. The summed E-state index contributed by atoms with van der Waals surface area (Å²) in [5, 5.41) is 12.3. The van der Waals surface area contributed by atoms with E-state index in [1.165, 1.54) is 10.6 Å². The van der Waals surface area contributed by atoms with Crippen LogP contribution in [0.1, 0.15) is 43.9 Å². The fraction of sp³-hybridized carbons (Fsp3) is 0.233. The van der Waals surface area contributed by atoms with Crippen molar-refractivity contribution < 1.29 is 19.2 Å². The molecule has 3 heterocycles. The Balaban J connectivity index is 1.67. The molecule has 2 aromatic carbocycles. The van der Waals surface area contributed by atoms with Gasteiger partial charge in [-0.15, -0.1) is 0 Å². The van der Waals surface area contributed by atoms with Gasteiger partial charge in [-0.25, -0.2) is 19.8 Å². The molecule has 0 unspecified atom stereocenters. The minimum absolute atomic E-state index is 0.136. The van der Waals surface area contributed by atoms with Gasteiger partial charge >= 0.3 is 5.97 Å². The molecule has 1 atom stereocenters. The van der Waals surface area contributed by atoms with E-state index in [0.29, 0.717) is 54.0 Å². The van der Waals surface area contributed by atoms with Crippen LogP contribution in [0.15, 0.2) is 92.0 Å². The van der Waals surface area contributed by atoms with E-state index in [0.717, 1.165) is 29.5 Å². The lowest BCUT2D eigenvalue weighted by molar-refractivity contribution is -0.387. The van der Waals surface area contributed by atoms with Gasteiger partial charge in [-0.2, -0.15) is 0 Å². The van der Waals surface area contributed by atoms with Crippen molar-refractivity contribution in [1.82, 2.24) is 14.5 Å². The number of fused-ring (bicyclic) bond motifs is 1. The lowest BCUT2D eigenvalue weighted by Gasteiger charge is -2.26. The Bertz CT molecular complexity index is 1900. The average Bonchev–Trinajstić information content (AvgIpc) is 3.31. The lowest BCUT2D eigenvalue weighted by Crippen LogP contribution is -2.40. The van der Waals surface area contributed by atoms with E-state index in [1.807, 2.05) is 13.0 Å². The van der Waals surface area contributed by atoms with Crippen LogP contribution in [0.2, 0.25) is 0 Å². The van der Waals surface area contributed by atoms with Gasteiger partial charge in [-0.1, -0.05) is 42.9 Å². The van der Waals surface area contributed by atoms with Crippen molar-refractivity contribution in [3.63, 3.8) is 0 Å². The van der Waals surface area contributed by atoms with Gasteiger partial charge in [0, 0.05) is 18.5 Å². The van der Waals surface area contributed by atoms with E-state index in [-0.39, 0.29) is 17.9 Å². The summed E-state index contributed by atoms with van der Waals surface area (Å²) in [5.41, 5.74) is 1.47. The fourth-order valence-corrected chi connectivity index (χ4v) is 6.51. The molecule has 0 amide bonds. The average molecular weight is 618 g/mol. The molecule has 0 radical (unpaired) electrons. The molecular formula is C30H27N5O6S2. The zero-order valence-corrected chi connectivity index (χ0v) is 25.2. The maximum absolute atomic E-state index is 14.0. The van der Waals surface area contributed by atoms with E-state index in [9.17, 15) is 19.7 Å². The third-order valence-electron chi connectivity index (χ3n) is 6.52. The minimum atomic E-state index is -0.798. The second-order valence-electron chi connectivity index (χ2n) is 9.31. The molecule has 1 aliphatic heterocycles. The molecule has 0 saturated carbocycles. The van der Waals surface area contributed by atoms with Crippen molar-refractivity contribution in [3.8, 4) is 5.75 Å². The predicted octanol–water partition coefficient (Wildman–Crippen LogP) is 4.44. The van der Waals surface area contributed by atoms with Gasteiger partial charge in [-0.3, -0.25) is 19.5 Å². The van der Waals surface area contributed by atoms with Gasteiger partial charge in [0.1, 0.15) is 5.75 Å². The standard InChI is InChI=1S/C30H27N5O6S2/c1-4-8-21-25(28(37)41-5-2)26(19-9-6-10-20(17-19)40-3)34-27(36)24(43-30(34)33-21)16-18-11-12-23(22(15-18)35(38)39)42-29-31-13-7-14-32-29/h6-7,9-17,26H,4-5,8H2,1-3H3/b24-16+/t26-/m0/s1. The van der Waals surface area contributed by atoms with Crippen molar-refractivity contribution in [2.45, 2.75) is 42.8 Å². The quantitative estimate of drug-likeness (QED) is 0.109. The number of aromatic nitrogens is 3. The van der Waals surface area contributed by atoms with Crippen molar-refractivity contribution in [1.29, 1.82) is 0 Å². The van der Waals surface area contributed by atoms with Crippen LogP contribution in [0, 0.1) is 10.1 Å². The Morgan fingerprint density at radius 1 is 1.16 bits per heavy atom. The van der Waals surface area contributed by atoms with Crippen LogP contribution >= 0.6 is 23.1 Å². The number of allylic oxidation sites excluding steroid dienone is 1. The number of rotatable bonds is 10. The normalized spacial score (nSPS) is 14.7. The molecule has 43 heavy (non-hydrogen) atoms. The number of nitro groups is 1. The number of thiazole rings is 1. The third kappa shape index (κ3) is 6.27. The maximum atomic E-state index is 14.0. The Morgan fingerprint density at radius 3 is 2.65 bits per heavy atom. The SMILES string of the molecule is CCCC1=C(C(=O)OCC)[C@H](c2cccc(OC)c2)n2c(s/c(=C/c3ccc(Sc4ncccn4)c([N+](=O)[O-])c3)c2=O)=N1. The zero-order chi connectivity index (χ0) is 30.5. The largest absolute Gasteiger partial charge is 0.497 e. The zero-order valence-electron chi connectivity index (χ0n) is 23.6. The van der Waals surface area contributed by atoms with Gasteiger partial charge in [0.15, 0.2) is 9.96 Å². The fourth-order valence-electron chi connectivity index (χ4n) is 4.69. The van der Waals surface area contributed by atoms with Gasteiger partial charge < -0.3 is 9.47 Å². The molecule has 5 rings (SSSR count). The molecule has 0 bridgehead atoms. The number of methoxy groups -OCH3 is 1. The molecule has 2 aromatic heterocycles. The Morgan fingerprint density at radius 2 is 1.95 bits per heavy atom. The van der Waals surface area contributed by atoms with Gasteiger partial charge in [0.05, 0.1) is 45.4 Å². The number of nitrogens with zero attached hydrogens (tertiary/aromatic N) is 5. The van der Waals surface area contributed by atoms with Crippen LogP contribution in [0.25, 0.3) is 6.08 Å². The summed E-state index contributed by atoms with van der Waals surface area (Å²) in [6.45, 7) is 3.88. The number of carbonyl (C=O) groups is 1. The molecule has 0 fully saturated rings. The highest BCUT2D eigenvalue weighted by Gasteiger charge is 2.34. The van der Waals surface area contributed by atoms with Crippen molar-refractivity contribution in [2.75, 3.05) is 13.7 Å².